The lowest BCUT2D eigenvalue weighted by Gasteiger charge is -2.32. The van der Waals surface area contributed by atoms with Crippen LogP contribution in [0.1, 0.15) is 10.4 Å². The number of anilines is 2. The summed E-state index contributed by atoms with van der Waals surface area (Å²) < 4.78 is 0. The smallest absolute Gasteiger partial charge is 0.323 e. The predicted molar refractivity (Wildman–Crippen MR) is 98.9 cm³/mol. The molecule has 2 N–H and O–H groups in total. The zero-order valence-corrected chi connectivity index (χ0v) is 14.2. The van der Waals surface area contributed by atoms with E-state index in [2.05, 4.69) is 22.6 Å². The second-order valence-corrected chi connectivity index (χ2v) is 6.12. The molecule has 3 amide bonds. The molecule has 1 saturated heterocycles. The van der Waals surface area contributed by atoms with Crippen molar-refractivity contribution < 1.29 is 9.59 Å². The Balaban J connectivity index is 1.56. The van der Waals surface area contributed by atoms with Crippen molar-refractivity contribution in [2.24, 2.45) is 0 Å². The third kappa shape index (κ3) is 4.58. The lowest BCUT2D eigenvalue weighted by atomic mass is 10.1. The summed E-state index contributed by atoms with van der Waals surface area (Å²) in [6.45, 7) is 3.28. The van der Waals surface area contributed by atoms with Gasteiger partial charge in [-0.3, -0.25) is 4.79 Å². The number of piperazine rings is 1. The molecule has 0 spiro atoms. The fourth-order valence-corrected chi connectivity index (χ4v) is 2.70. The lowest BCUT2D eigenvalue weighted by Crippen LogP contribution is -2.47. The van der Waals surface area contributed by atoms with Crippen LogP contribution in [0.15, 0.2) is 54.6 Å². The summed E-state index contributed by atoms with van der Waals surface area (Å²) in [5.74, 6) is 0.0355. The molecule has 0 unspecified atom stereocenters. The number of para-hydroxylation sites is 1. The standard InChI is InChI=1S/C19H22N4O2/c1-22-11-13-23(14-12-22)18(24)15-7-9-17(10-8-15)21-19(25)20-16-5-3-2-4-6-16/h2-10H,11-14H2,1H3,(H2,20,21,25). The number of nitrogens with zero attached hydrogens (tertiary/aromatic N) is 2. The van der Waals surface area contributed by atoms with Crippen molar-refractivity contribution in [3.8, 4) is 0 Å². The molecule has 0 bridgehead atoms. The Labute approximate surface area is 147 Å². The Hall–Kier alpha value is -2.86. The maximum Gasteiger partial charge on any atom is 0.323 e. The lowest BCUT2D eigenvalue weighted by molar-refractivity contribution is 0.0664. The van der Waals surface area contributed by atoms with Crippen molar-refractivity contribution >= 4 is 23.3 Å². The third-order valence-corrected chi connectivity index (χ3v) is 4.21. The monoisotopic (exact) mass is 338 g/mol. The Morgan fingerprint density at radius 1 is 0.800 bits per heavy atom. The van der Waals surface area contributed by atoms with Gasteiger partial charge in [-0.25, -0.2) is 4.79 Å². The summed E-state index contributed by atoms with van der Waals surface area (Å²) in [6, 6.07) is 15.9. The van der Waals surface area contributed by atoms with Crippen molar-refractivity contribution in [3.63, 3.8) is 0 Å². The Bertz CT molecular complexity index is 723. The van der Waals surface area contributed by atoms with Crippen LogP contribution >= 0.6 is 0 Å². The van der Waals surface area contributed by atoms with Gasteiger partial charge in [0.15, 0.2) is 0 Å². The molecule has 6 heteroatoms. The van der Waals surface area contributed by atoms with Gasteiger partial charge >= 0.3 is 6.03 Å². The van der Waals surface area contributed by atoms with Crippen molar-refractivity contribution in [2.45, 2.75) is 0 Å². The molecular formula is C19H22N4O2. The number of hydrogen-bond acceptors (Lipinski definition) is 3. The van der Waals surface area contributed by atoms with Crippen molar-refractivity contribution in [1.82, 2.24) is 9.80 Å². The number of hydrogen-bond donors (Lipinski definition) is 2. The molecule has 0 saturated carbocycles. The summed E-state index contributed by atoms with van der Waals surface area (Å²) in [5.41, 5.74) is 2.00. The molecule has 1 aliphatic heterocycles. The Kier molecular flexibility index (Phi) is 5.30. The molecule has 3 rings (SSSR count). The van der Waals surface area contributed by atoms with Crippen LogP contribution in [0.4, 0.5) is 16.2 Å². The van der Waals surface area contributed by atoms with Crippen LogP contribution < -0.4 is 10.6 Å². The van der Waals surface area contributed by atoms with Gasteiger partial charge in [0.1, 0.15) is 0 Å². The summed E-state index contributed by atoms with van der Waals surface area (Å²) >= 11 is 0. The summed E-state index contributed by atoms with van der Waals surface area (Å²) in [7, 11) is 2.06. The predicted octanol–water partition coefficient (Wildman–Crippen LogP) is 2.72. The highest BCUT2D eigenvalue weighted by molar-refractivity contribution is 6.00. The molecule has 1 fully saturated rings. The van der Waals surface area contributed by atoms with Crippen molar-refractivity contribution in [2.75, 3.05) is 43.9 Å². The quantitative estimate of drug-likeness (QED) is 0.904. The fourth-order valence-electron chi connectivity index (χ4n) is 2.70. The van der Waals surface area contributed by atoms with Gasteiger partial charge in [0.2, 0.25) is 0 Å². The second kappa shape index (κ2) is 7.81. The number of carbonyl (C=O) groups excluding carboxylic acids is 2. The molecule has 1 heterocycles. The van der Waals surface area contributed by atoms with Crippen LogP contribution in [0.5, 0.6) is 0 Å². The zero-order valence-electron chi connectivity index (χ0n) is 14.2. The highest BCUT2D eigenvalue weighted by Gasteiger charge is 2.20. The number of likely N-dealkylation sites (N-methyl/N-ethyl adjacent to an activating group) is 1. The van der Waals surface area contributed by atoms with Crippen LogP contribution in [0.3, 0.4) is 0 Å². The topological polar surface area (TPSA) is 64.7 Å². The van der Waals surface area contributed by atoms with Gasteiger partial charge in [-0.05, 0) is 43.4 Å². The molecular weight excluding hydrogens is 316 g/mol. The first-order chi connectivity index (χ1) is 12.1. The number of carbonyl (C=O) groups is 2. The van der Waals surface area contributed by atoms with E-state index in [1.807, 2.05) is 35.2 Å². The summed E-state index contributed by atoms with van der Waals surface area (Å²) in [6.07, 6.45) is 0. The van der Waals surface area contributed by atoms with E-state index in [0.29, 0.717) is 11.3 Å². The van der Waals surface area contributed by atoms with Gasteiger partial charge in [0.25, 0.3) is 5.91 Å². The maximum atomic E-state index is 12.5. The van der Waals surface area contributed by atoms with Gasteiger partial charge in [-0.15, -0.1) is 0 Å². The first kappa shape index (κ1) is 17.0. The SMILES string of the molecule is CN1CCN(C(=O)c2ccc(NC(=O)Nc3ccccc3)cc2)CC1. The van der Waals surface area contributed by atoms with Gasteiger partial charge in [0, 0.05) is 43.1 Å². The minimum atomic E-state index is -0.315. The van der Waals surface area contributed by atoms with Gasteiger partial charge in [0.05, 0.1) is 0 Å². The molecule has 130 valence electrons. The van der Waals surface area contributed by atoms with E-state index in [4.69, 9.17) is 0 Å². The average molecular weight is 338 g/mol. The third-order valence-electron chi connectivity index (χ3n) is 4.21. The molecule has 0 atom stereocenters. The number of urea groups is 1. The van der Waals surface area contributed by atoms with E-state index in [0.717, 1.165) is 31.9 Å². The van der Waals surface area contributed by atoms with E-state index in [1.165, 1.54) is 0 Å². The Morgan fingerprint density at radius 2 is 1.36 bits per heavy atom. The molecule has 0 aromatic heterocycles. The molecule has 6 nitrogen and oxygen atoms in total. The van der Waals surface area contributed by atoms with E-state index in [-0.39, 0.29) is 11.9 Å². The minimum Gasteiger partial charge on any atom is -0.336 e. The van der Waals surface area contributed by atoms with Gasteiger partial charge < -0.3 is 20.4 Å². The van der Waals surface area contributed by atoms with Crippen LogP contribution in [0.25, 0.3) is 0 Å². The molecule has 0 aliphatic carbocycles. The van der Waals surface area contributed by atoms with Crippen molar-refractivity contribution in [1.29, 1.82) is 0 Å². The first-order valence-electron chi connectivity index (χ1n) is 8.33. The van der Waals surface area contributed by atoms with E-state index >= 15 is 0 Å². The molecule has 0 radical (unpaired) electrons. The highest BCUT2D eigenvalue weighted by atomic mass is 16.2. The second-order valence-electron chi connectivity index (χ2n) is 6.12. The Morgan fingerprint density at radius 3 is 1.96 bits per heavy atom. The van der Waals surface area contributed by atoms with Gasteiger partial charge in [-0.2, -0.15) is 0 Å². The first-order valence-corrected chi connectivity index (χ1v) is 8.33. The van der Waals surface area contributed by atoms with Crippen LogP contribution in [0, 0.1) is 0 Å². The number of amides is 3. The molecule has 2 aromatic carbocycles. The van der Waals surface area contributed by atoms with E-state index in [1.54, 1.807) is 24.3 Å². The fraction of sp³-hybridized carbons (Fsp3) is 0.263. The summed E-state index contributed by atoms with van der Waals surface area (Å²) in [4.78, 5) is 28.5. The van der Waals surface area contributed by atoms with E-state index in [9.17, 15) is 9.59 Å². The molecule has 25 heavy (non-hydrogen) atoms. The average Bonchev–Trinajstić information content (AvgIpc) is 2.63. The normalized spacial score (nSPS) is 14.8. The zero-order chi connectivity index (χ0) is 17.6. The minimum absolute atomic E-state index is 0.0355. The number of rotatable bonds is 3. The van der Waals surface area contributed by atoms with Crippen LogP contribution in [0.2, 0.25) is 0 Å². The number of nitrogens with one attached hydrogen (secondary N) is 2. The number of benzene rings is 2. The van der Waals surface area contributed by atoms with Crippen molar-refractivity contribution in [3.05, 3.63) is 60.2 Å². The molecule has 2 aromatic rings. The molecule has 1 aliphatic rings. The van der Waals surface area contributed by atoms with Crippen LogP contribution in [-0.4, -0.2) is 55.0 Å². The largest absolute Gasteiger partial charge is 0.336 e. The van der Waals surface area contributed by atoms with E-state index < -0.39 is 0 Å². The highest BCUT2D eigenvalue weighted by Crippen LogP contribution is 2.14. The summed E-state index contributed by atoms with van der Waals surface area (Å²) in [5, 5.41) is 5.51. The van der Waals surface area contributed by atoms with Crippen LogP contribution in [-0.2, 0) is 0 Å². The maximum absolute atomic E-state index is 12.5. The van der Waals surface area contributed by atoms with Gasteiger partial charge in [-0.1, -0.05) is 18.2 Å².